The van der Waals surface area contributed by atoms with Crippen molar-refractivity contribution in [3.05, 3.63) is 48.0 Å². The largest absolute Gasteiger partial charge is 0.107 e. The van der Waals surface area contributed by atoms with Crippen LogP contribution in [0.1, 0.15) is 12.5 Å². The normalized spacial score (nSPS) is 9.62. The minimum atomic E-state index is 0. The molecule has 0 saturated carbocycles. The Morgan fingerprint density at radius 3 is 2.38 bits per heavy atom. The molecule has 0 saturated heterocycles. The predicted octanol–water partition coefficient (Wildman–Crippen LogP) is 4.02. The number of fused-ring (bicyclic) bond motifs is 1. The van der Waals surface area contributed by atoms with Gasteiger partial charge in [-0.15, -0.1) is 24.0 Å². The Balaban J connectivity index is 0.000000845. The van der Waals surface area contributed by atoms with E-state index in [4.69, 9.17) is 0 Å². The van der Waals surface area contributed by atoms with E-state index in [0.29, 0.717) is 0 Å². The molecule has 0 bridgehead atoms. The molecule has 0 N–H and O–H groups in total. The predicted molar refractivity (Wildman–Crippen MR) is 68.7 cm³/mol. The number of halogens is 1. The lowest BCUT2D eigenvalue weighted by Gasteiger charge is -2.02. The van der Waals surface area contributed by atoms with Crippen molar-refractivity contribution in [3.8, 4) is 0 Å². The third kappa shape index (κ3) is 2.02. The van der Waals surface area contributed by atoms with E-state index in [1.165, 1.54) is 16.3 Å². The molecule has 2 aromatic carbocycles. The number of rotatable bonds is 1. The number of aryl methyl sites for hydroxylation is 1. The van der Waals surface area contributed by atoms with Gasteiger partial charge in [0, 0.05) is 0 Å². The molecule has 13 heavy (non-hydrogen) atoms. The summed E-state index contributed by atoms with van der Waals surface area (Å²) < 4.78 is 0. The summed E-state index contributed by atoms with van der Waals surface area (Å²) >= 11 is 0. The van der Waals surface area contributed by atoms with Crippen LogP contribution in [0.3, 0.4) is 0 Å². The van der Waals surface area contributed by atoms with E-state index in [0.717, 1.165) is 6.42 Å². The highest BCUT2D eigenvalue weighted by Crippen LogP contribution is 2.18. The van der Waals surface area contributed by atoms with Crippen LogP contribution in [0.5, 0.6) is 0 Å². The van der Waals surface area contributed by atoms with Crippen LogP contribution in [-0.4, -0.2) is 0 Å². The molecule has 0 unspecified atom stereocenters. The molecular weight excluding hydrogens is 271 g/mol. The number of hydrogen-bond donors (Lipinski definition) is 0. The minimum absolute atomic E-state index is 0. The molecule has 2 rings (SSSR count). The quantitative estimate of drug-likeness (QED) is 0.694. The fourth-order valence-corrected chi connectivity index (χ4v) is 1.60. The maximum atomic E-state index is 2.20. The van der Waals surface area contributed by atoms with Gasteiger partial charge in [0.2, 0.25) is 0 Å². The molecule has 0 aliphatic rings. The maximum Gasteiger partial charge on any atom is -0.0152 e. The Bertz CT molecular complexity index is 388. The molecule has 0 aliphatic heterocycles. The van der Waals surface area contributed by atoms with Crippen molar-refractivity contribution in [2.75, 3.05) is 0 Å². The summed E-state index contributed by atoms with van der Waals surface area (Å²) in [5.41, 5.74) is 1.44. The Morgan fingerprint density at radius 2 is 1.62 bits per heavy atom. The third-order valence-electron chi connectivity index (χ3n) is 2.26. The van der Waals surface area contributed by atoms with E-state index in [9.17, 15) is 0 Å². The molecule has 68 valence electrons. The Hall–Kier alpha value is -0.570. The van der Waals surface area contributed by atoms with Gasteiger partial charge in [0.1, 0.15) is 0 Å². The van der Waals surface area contributed by atoms with Crippen LogP contribution < -0.4 is 0 Å². The first-order valence-electron chi connectivity index (χ1n) is 4.38. The maximum absolute atomic E-state index is 2.20. The van der Waals surface area contributed by atoms with Crippen LogP contribution in [0.25, 0.3) is 10.8 Å². The molecule has 2 aromatic rings. The molecule has 0 amide bonds. The first kappa shape index (κ1) is 10.5. The van der Waals surface area contributed by atoms with Crippen molar-refractivity contribution in [1.82, 2.24) is 0 Å². The summed E-state index contributed by atoms with van der Waals surface area (Å²) in [6, 6.07) is 15.0. The zero-order chi connectivity index (χ0) is 8.39. The van der Waals surface area contributed by atoms with Gasteiger partial charge in [-0.2, -0.15) is 0 Å². The summed E-state index contributed by atoms with van der Waals surface area (Å²) in [6.45, 7) is 2.20. The molecule has 0 heterocycles. The molecule has 0 fully saturated rings. The van der Waals surface area contributed by atoms with E-state index < -0.39 is 0 Å². The zero-order valence-corrected chi connectivity index (χ0v) is 9.99. The van der Waals surface area contributed by atoms with E-state index >= 15 is 0 Å². The van der Waals surface area contributed by atoms with Gasteiger partial charge in [0.05, 0.1) is 0 Å². The highest BCUT2D eigenvalue weighted by molar-refractivity contribution is 14.0. The summed E-state index contributed by atoms with van der Waals surface area (Å²) in [5, 5.41) is 2.74. The highest BCUT2D eigenvalue weighted by Gasteiger charge is 1.95. The molecule has 0 atom stereocenters. The minimum Gasteiger partial charge on any atom is -0.107 e. The van der Waals surface area contributed by atoms with Gasteiger partial charge in [-0.05, 0) is 22.8 Å². The first-order valence-corrected chi connectivity index (χ1v) is 4.38. The molecule has 0 radical (unpaired) electrons. The van der Waals surface area contributed by atoms with Crippen LogP contribution in [0.2, 0.25) is 0 Å². The van der Waals surface area contributed by atoms with Crippen molar-refractivity contribution >= 4 is 34.7 Å². The van der Waals surface area contributed by atoms with Crippen LogP contribution in [0, 0.1) is 0 Å². The van der Waals surface area contributed by atoms with E-state index in [-0.39, 0.29) is 24.0 Å². The molecule has 0 aliphatic carbocycles. The van der Waals surface area contributed by atoms with Gasteiger partial charge in [-0.1, -0.05) is 49.4 Å². The lowest BCUT2D eigenvalue weighted by Crippen LogP contribution is -1.81. The number of hydrogen-bond acceptors (Lipinski definition) is 0. The Labute approximate surface area is 96.0 Å². The molecule has 0 nitrogen and oxygen atoms in total. The van der Waals surface area contributed by atoms with Crippen molar-refractivity contribution in [2.45, 2.75) is 13.3 Å². The van der Waals surface area contributed by atoms with E-state index in [1.807, 2.05) is 0 Å². The van der Waals surface area contributed by atoms with Gasteiger partial charge in [0.25, 0.3) is 0 Å². The van der Waals surface area contributed by atoms with Crippen LogP contribution in [0.4, 0.5) is 0 Å². The zero-order valence-electron chi connectivity index (χ0n) is 7.66. The topological polar surface area (TPSA) is 0 Å². The third-order valence-corrected chi connectivity index (χ3v) is 2.26. The van der Waals surface area contributed by atoms with E-state index in [2.05, 4.69) is 49.4 Å². The van der Waals surface area contributed by atoms with Gasteiger partial charge in [0.15, 0.2) is 0 Å². The Kier molecular flexibility index (Phi) is 3.72. The van der Waals surface area contributed by atoms with E-state index in [1.54, 1.807) is 0 Å². The average molecular weight is 284 g/mol. The lowest BCUT2D eigenvalue weighted by atomic mass is 10.0. The van der Waals surface area contributed by atoms with Crippen molar-refractivity contribution in [2.24, 2.45) is 0 Å². The summed E-state index contributed by atoms with van der Waals surface area (Å²) in [7, 11) is 0. The van der Waals surface area contributed by atoms with Gasteiger partial charge >= 0.3 is 0 Å². The Morgan fingerprint density at radius 1 is 0.923 bits per heavy atom. The van der Waals surface area contributed by atoms with Gasteiger partial charge in [-0.25, -0.2) is 0 Å². The fraction of sp³-hybridized carbons (Fsp3) is 0.167. The average Bonchev–Trinajstić information content (AvgIpc) is 2.17. The first-order chi connectivity index (χ1) is 5.92. The molecular formula is C12H13I. The summed E-state index contributed by atoms with van der Waals surface area (Å²) in [6.07, 6.45) is 1.11. The summed E-state index contributed by atoms with van der Waals surface area (Å²) in [5.74, 6) is 0. The molecule has 1 heteroatoms. The van der Waals surface area contributed by atoms with Crippen molar-refractivity contribution < 1.29 is 0 Å². The monoisotopic (exact) mass is 284 g/mol. The second-order valence-corrected chi connectivity index (χ2v) is 2.99. The van der Waals surface area contributed by atoms with Crippen LogP contribution in [0.15, 0.2) is 42.5 Å². The smallest absolute Gasteiger partial charge is 0.0152 e. The van der Waals surface area contributed by atoms with Gasteiger partial charge in [-0.3, -0.25) is 0 Å². The van der Waals surface area contributed by atoms with Crippen molar-refractivity contribution in [1.29, 1.82) is 0 Å². The standard InChI is InChI=1S/C12H12.HI/c1-2-10-7-5-8-11-6-3-4-9-12(10)11;/h3-9H,2H2,1H3;1H. The number of benzene rings is 2. The van der Waals surface area contributed by atoms with Crippen LogP contribution >= 0.6 is 24.0 Å². The second kappa shape index (κ2) is 4.61. The summed E-state index contributed by atoms with van der Waals surface area (Å²) in [4.78, 5) is 0. The highest BCUT2D eigenvalue weighted by atomic mass is 127. The van der Waals surface area contributed by atoms with Gasteiger partial charge < -0.3 is 0 Å². The second-order valence-electron chi connectivity index (χ2n) is 2.99. The fourth-order valence-electron chi connectivity index (χ4n) is 1.60. The molecule has 0 aromatic heterocycles. The molecule has 0 spiro atoms. The SMILES string of the molecule is CCc1cccc2ccccc12.I. The van der Waals surface area contributed by atoms with Crippen molar-refractivity contribution in [3.63, 3.8) is 0 Å². The van der Waals surface area contributed by atoms with Crippen LogP contribution in [-0.2, 0) is 6.42 Å². The lowest BCUT2D eigenvalue weighted by molar-refractivity contribution is 1.16.